The maximum absolute atomic E-state index is 13.0. The van der Waals surface area contributed by atoms with Gasteiger partial charge in [0.2, 0.25) is 5.91 Å². The summed E-state index contributed by atoms with van der Waals surface area (Å²) < 4.78 is 19.3. The number of para-hydroxylation sites is 2. The molecule has 0 unspecified atom stereocenters. The minimum absolute atomic E-state index is 0.124. The minimum atomic E-state index is -0.275. The van der Waals surface area contributed by atoms with Gasteiger partial charge in [0.05, 0.1) is 23.7 Å². The molecule has 0 saturated heterocycles. The third kappa shape index (κ3) is 4.83. The summed E-state index contributed by atoms with van der Waals surface area (Å²) in [5.41, 5.74) is 2.29. The molecule has 0 aliphatic heterocycles. The second kappa shape index (κ2) is 8.82. The third-order valence-corrected chi connectivity index (χ3v) is 5.43. The number of hydrogen-bond acceptors (Lipinski definition) is 5. The highest BCUT2D eigenvalue weighted by molar-refractivity contribution is 8.01. The molecule has 0 aliphatic carbocycles. The molecule has 0 aliphatic rings. The van der Waals surface area contributed by atoms with Gasteiger partial charge in [-0.25, -0.2) is 9.37 Å². The van der Waals surface area contributed by atoms with Crippen LogP contribution >= 0.6 is 23.1 Å². The topological polar surface area (TPSA) is 51.2 Å². The van der Waals surface area contributed by atoms with Crippen LogP contribution in [0.15, 0.2) is 58.3 Å². The molecule has 1 N–H and O–H groups in total. The Morgan fingerprint density at radius 2 is 2.00 bits per heavy atom. The summed E-state index contributed by atoms with van der Waals surface area (Å²) in [6, 6.07) is 13.5. The predicted molar refractivity (Wildman–Crippen MR) is 104 cm³/mol. The summed E-state index contributed by atoms with van der Waals surface area (Å²) in [5, 5.41) is 4.76. The number of carbonyl (C=O) groups is 1. The number of anilines is 1. The number of aromatic nitrogens is 1. The Morgan fingerprint density at radius 1 is 1.23 bits per heavy atom. The Hall–Kier alpha value is -2.38. The van der Waals surface area contributed by atoms with Crippen molar-refractivity contribution in [1.29, 1.82) is 0 Å². The molecule has 0 fully saturated rings. The van der Waals surface area contributed by atoms with E-state index in [0.717, 1.165) is 15.6 Å². The Balaban J connectivity index is 1.58. The first-order chi connectivity index (χ1) is 12.7. The number of thiazole rings is 1. The first kappa shape index (κ1) is 18.4. The van der Waals surface area contributed by atoms with Gasteiger partial charge in [-0.1, -0.05) is 23.9 Å². The maximum atomic E-state index is 13.0. The monoisotopic (exact) mass is 388 g/mol. The van der Waals surface area contributed by atoms with E-state index in [9.17, 15) is 9.18 Å². The van der Waals surface area contributed by atoms with E-state index >= 15 is 0 Å². The average molecular weight is 388 g/mol. The molecular weight excluding hydrogens is 371 g/mol. The van der Waals surface area contributed by atoms with E-state index < -0.39 is 0 Å². The second-order valence-electron chi connectivity index (χ2n) is 5.27. The molecular formula is C19H17FN2O2S2. The van der Waals surface area contributed by atoms with Crippen molar-refractivity contribution in [1.82, 2.24) is 4.98 Å². The van der Waals surface area contributed by atoms with Crippen molar-refractivity contribution in [2.24, 2.45) is 0 Å². The lowest BCUT2D eigenvalue weighted by Crippen LogP contribution is -2.14. The number of ether oxygens (including phenoxy) is 1. The Morgan fingerprint density at radius 3 is 2.77 bits per heavy atom. The SMILES string of the molecule is CCOc1ccccc1NC(=O)CSc1nc(-c2ccc(F)cc2)cs1. The van der Waals surface area contributed by atoms with E-state index in [1.165, 1.54) is 35.2 Å². The van der Waals surface area contributed by atoms with E-state index in [0.29, 0.717) is 18.0 Å². The van der Waals surface area contributed by atoms with Gasteiger partial charge >= 0.3 is 0 Å². The van der Waals surface area contributed by atoms with Gasteiger partial charge < -0.3 is 10.1 Å². The molecule has 0 bridgehead atoms. The van der Waals surface area contributed by atoms with Gasteiger partial charge in [-0.3, -0.25) is 4.79 Å². The number of nitrogens with zero attached hydrogens (tertiary/aromatic N) is 1. The Labute approximate surface area is 159 Å². The molecule has 3 rings (SSSR count). The number of thioether (sulfide) groups is 1. The smallest absolute Gasteiger partial charge is 0.234 e. The fraction of sp³-hybridized carbons (Fsp3) is 0.158. The van der Waals surface area contributed by atoms with Crippen LogP contribution in [-0.2, 0) is 4.79 Å². The van der Waals surface area contributed by atoms with Gasteiger partial charge in [0, 0.05) is 10.9 Å². The van der Waals surface area contributed by atoms with Crippen LogP contribution in [0.4, 0.5) is 10.1 Å². The van der Waals surface area contributed by atoms with Crippen LogP contribution in [0.5, 0.6) is 5.75 Å². The van der Waals surface area contributed by atoms with Gasteiger partial charge in [0.15, 0.2) is 4.34 Å². The molecule has 7 heteroatoms. The standard InChI is InChI=1S/C19H17FN2O2S2/c1-2-24-17-6-4-3-5-15(17)21-18(23)12-26-19-22-16(11-25-19)13-7-9-14(20)10-8-13/h3-11H,2,12H2,1H3,(H,21,23). The number of hydrogen-bond donors (Lipinski definition) is 1. The fourth-order valence-electron chi connectivity index (χ4n) is 2.24. The normalized spacial score (nSPS) is 10.5. The van der Waals surface area contributed by atoms with Crippen LogP contribution in [0.3, 0.4) is 0 Å². The maximum Gasteiger partial charge on any atom is 0.234 e. The largest absolute Gasteiger partial charge is 0.492 e. The van der Waals surface area contributed by atoms with Gasteiger partial charge in [0.1, 0.15) is 11.6 Å². The number of carbonyl (C=O) groups excluding carboxylic acids is 1. The van der Waals surface area contributed by atoms with Gasteiger partial charge in [-0.05, 0) is 43.3 Å². The van der Waals surface area contributed by atoms with Crippen molar-refractivity contribution in [3.8, 4) is 17.0 Å². The molecule has 1 amide bonds. The molecule has 134 valence electrons. The molecule has 1 heterocycles. The minimum Gasteiger partial charge on any atom is -0.492 e. The first-order valence-corrected chi connectivity index (χ1v) is 9.88. The lowest BCUT2D eigenvalue weighted by atomic mass is 10.2. The highest BCUT2D eigenvalue weighted by atomic mass is 32.2. The van der Waals surface area contributed by atoms with Crippen molar-refractivity contribution in [3.63, 3.8) is 0 Å². The van der Waals surface area contributed by atoms with E-state index in [-0.39, 0.29) is 17.5 Å². The first-order valence-electron chi connectivity index (χ1n) is 8.01. The summed E-state index contributed by atoms with van der Waals surface area (Å²) in [7, 11) is 0. The number of benzene rings is 2. The molecule has 0 radical (unpaired) electrons. The molecule has 26 heavy (non-hydrogen) atoms. The molecule has 2 aromatic carbocycles. The Bertz CT molecular complexity index is 881. The van der Waals surface area contributed by atoms with Crippen LogP contribution in [0.2, 0.25) is 0 Å². The fourth-order valence-corrected chi connectivity index (χ4v) is 3.88. The van der Waals surface area contributed by atoms with Crippen LogP contribution < -0.4 is 10.1 Å². The molecule has 0 saturated carbocycles. The van der Waals surface area contributed by atoms with Crippen LogP contribution in [-0.4, -0.2) is 23.3 Å². The number of rotatable bonds is 7. The summed E-state index contributed by atoms with van der Waals surface area (Å²) in [6.45, 7) is 2.43. The van der Waals surface area contributed by atoms with E-state index in [1.807, 2.05) is 36.6 Å². The van der Waals surface area contributed by atoms with E-state index in [1.54, 1.807) is 12.1 Å². The van der Waals surface area contributed by atoms with Gasteiger partial charge in [-0.15, -0.1) is 11.3 Å². The van der Waals surface area contributed by atoms with Crippen molar-refractivity contribution in [2.45, 2.75) is 11.3 Å². The quantitative estimate of drug-likeness (QED) is 0.574. The lowest BCUT2D eigenvalue weighted by molar-refractivity contribution is -0.113. The van der Waals surface area contributed by atoms with Crippen molar-refractivity contribution >= 4 is 34.7 Å². The highest BCUT2D eigenvalue weighted by Crippen LogP contribution is 2.29. The average Bonchev–Trinajstić information content (AvgIpc) is 3.11. The predicted octanol–water partition coefficient (Wildman–Crippen LogP) is 5.08. The van der Waals surface area contributed by atoms with E-state index in [2.05, 4.69) is 10.3 Å². The van der Waals surface area contributed by atoms with Crippen LogP contribution in [0, 0.1) is 5.82 Å². The third-order valence-electron chi connectivity index (χ3n) is 3.41. The lowest BCUT2D eigenvalue weighted by Gasteiger charge is -2.10. The zero-order chi connectivity index (χ0) is 18.4. The van der Waals surface area contributed by atoms with E-state index in [4.69, 9.17) is 4.74 Å². The molecule has 4 nitrogen and oxygen atoms in total. The van der Waals surface area contributed by atoms with Crippen LogP contribution in [0.25, 0.3) is 11.3 Å². The van der Waals surface area contributed by atoms with Gasteiger partial charge in [0.25, 0.3) is 0 Å². The molecule has 0 atom stereocenters. The summed E-state index contributed by atoms with van der Waals surface area (Å²) in [6.07, 6.45) is 0. The summed E-state index contributed by atoms with van der Waals surface area (Å²) in [4.78, 5) is 16.7. The van der Waals surface area contributed by atoms with Crippen molar-refractivity contribution < 1.29 is 13.9 Å². The summed E-state index contributed by atoms with van der Waals surface area (Å²) in [5.74, 6) is 0.501. The van der Waals surface area contributed by atoms with Gasteiger partial charge in [-0.2, -0.15) is 0 Å². The number of nitrogens with one attached hydrogen (secondary N) is 1. The zero-order valence-corrected chi connectivity index (χ0v) is 15.7. The number of halogens is 1. The molecule has 3 aromatic rings. The zero-order valence-electron chi connectivity index (χ0n) is 14.1. The van der Waals surface area contributed by atoms with Crippen molar-refractivity contribution in [2.75, 3.05) is 17.7 Å². The van der Waals surface area contributed by atoms with Crippen LogP contribution in [0.1, 0.15) is 6.92 Å². The molecule has 0 spiro atoms. The highest BCUT2D eigenvalue weighted by Gasteiger charge is 2.10. The summed E-state index contributed by atoms with van der Waals surface area (Å²) >= 11 is 2.83. The molecule has 1 aromatic heterocycles. The Kier molecular flexibility index (Phi) is 6.25. The number of amides is 1. The van der Waals surface area contributed by atoms with Crippen molar-refractivity contribution in [3.05, 3.63) is 59.7 Å². The second-order valence-corrected chi connectivity index (χ2v) is 7.35.